The average Bonchev–Trinajstić information content (AvgIpc) is 3.00. The molecule has 0 aromatic heterocycles. The van der Waals surface area contributed by atoms with Gasteiger partial charge in [0.1, 0.15) is 11.6 Å². The van der Waals surface area contributed by atoms with Crippen LogP contribution in [0.3, 0.4) is 0 Å². The summed E-state index contributed by atoms with van der Waals surface area (Å²) in [6.07, 6.45) is 5.89. The van der Waals surface area contributed by atoms with E-state index in [0.717, 1.165) is 44.5 Å². The quantitative estimate of drug-likeness (QED) is 0.222. The summed E-state index contributed by atoms with van der Waals surface area (Å²) in [5.41, 5.74) is 0.454. The van der Waals surface area contributed by atoms with Gasteiger partial charge in [0.25, 0.3) is 0 Å². The third-order valence-corrected chi connectivity index (χ3v) is 3.93. The maximum absolute atomic E-state index is 13.9. The van der Waals surface area contributed by atoms with E-state index in [1.807, 2.05) is 24.8 Å². The summed E-state index contributed by atoms with van der Waals surface area (Å²) < 4.78 is 26.9. The van der Waals surface area contributed by atoms with Crippen molar-refractivity contribution in [3.63, 3.8) is 0 Å². The fourth-order valence-corrected chi connectivity index (χ4v) is 2.77. The van der Waals surface area contributed by atoms with Crippen LogP contribution in [0, 0.1) is 11.6 Å². The molecule has 0 spiro atoms. The van der Waals surface area contributed by atoms with E-state index in [4.69, 9.17) is 0 Å². The monoisotopic (exact) mass is 464 g/mol. The lowest BCUT2D eigenvalue weighted by Gasteiger charge is -2.21. The van der Waals surface area contributed by atoms with Crippen molar-refractivity contribution in [2.75, 3.05) is 31.1 Å². The van der Waals surface area contributed by atoms with Crippen LogP contribution in [0.15, 0.2) is 35.3 Å². The number of nitrogens with zero attached hydrogens (tertiary/aromatic N) is 2. The second kappa shape index (κ2) is 11.3. The summed E-state index contributed by atoms with van der Waals surface area (Å²) in [4.78, 5) is 6.48. The Hall–Kier alpha value is -1.38. The van der Waals surface area contributed by atoms with E-state index in [1.165, 1.54) is 12.1 Å². The minimum atomic E-state index is -0.548. The van der Waals surface area contributed by atoms with E-state index in [0.29, 0.717) is 12.2 Å². The predicted octanol–water partition coefficient (Wildman–Crippen LogP) is 3.68. The summed E-state index contributed by atoms with van der Waals surface area (Å²) in [5.74, 6) is -0.274. The molecule has 2 N–H and O–H groups in total. The highest BCUT2D eigenvalue weighted by molar-refractivity contribution is 14.0. The number of halogens is 3. The highest BCUT2D eigenvalue weighted by atomic mass is 127. The van der Waals surface area contributed by atoms with Gasteiger partial charge in [0.05, 0.1) is 5.69 Å². The molecular weight excluding hydrogens is 437 g/mol. The second-order valence-electron chi connectivity index (χ2n) is 5.79. The van der Waals surface area contributed by atoms with Crippen molar-refractivity contribution in [1.82, 2.24) is 10.6 Å². The minimum Gasteiger partial charge on any atom is -0.367 e. The Morgan fingerprint density at radius 1 is 1.40 bits per heavy atom. The molecule has 0 amide bonds. The van der Waals surface area contributed by atoms with Crippen LogP contribution in [0.2, 0.25) is 0 Å². The third-order valence-electron chi connectivity index (χ3n) is 3.93. The van der Waals surface area contributed by atoms with Crippen LogP contribution in [0.1, 0.15) is 26.7 Å². The number of anilines is 1. The first-order valence-electron chi connectivity index (χ1n) is 8.50. The summed E-state index contributed by atoms with van der Waals surface area (Å²) >= 11 is 0. The number of allylic oxidation sites excluding steroid dienone is 1. The van der Waals surface area contributed by atoms with Gasteiger partial charge < -0.3 is 15.5 Å². The molecule has 4 nitrogen and oxygen atoms in total. The van der Waals surface area contributed by atoms with Gasteiger partial charge in [0, 0.05) is 38.3 Å². The van der Waals surface area contributed by atoms with E-state index in [2.05, 4.69) is 21.7 Å². The van der Waals surface area contributed by atoms with E-state index in [9.17, 15) is 8.78 Å². The molecule has 2 rings (SSSR count). The molecule has 25 heavy (non-hydrogen) atoms. The van der Waals surface area contributed by atoms with E-state index < -0.39 is 11.6 Å². The molecular formula is C18H27F2IN4. The summed E-state index contributed by atoms with van der Waals surface area (Å²) in [5, 5.41) is 6.63. The largest absolute Gasteiger partial charge is 0.367 e. The van der Waals surface area contributed by atoms with Gasteiger partial charge in [-0.1, -0.05) is 12.2 Å². The molecule has 0 aliphatic carbocycles. The van der Waals surface area contributed by atoms with Crippen molar-refractivity contribution in [2.24, 2.45) is 4.99 Å². The van der Waals surface area contributed by atoms with Crippen molar-refractivity contribution in [2.45, 2.75) is 32.7 Å². The normalized spacial score (nSPS) is 17.7. The molecule has 1 heterocycles. The summed E-state index contributed by atoms with van der Waals surface area (Å²) in [6.45, 7) is 6.94. The van der Waals surface area contributed by atoms with Crippen molar-refractivity contribution < 1.29 is 8.78 Å². The van der Waals surface area contributed by atoms with Crippen LogP contribution in [0.25, 0.3) is 0 Å². The Morgan fingerprint density at radius 2 is 2.20 bits per heavy atom. The number of benzene rings is 1. The highest BCUT2D eigenvalue weighted by Gasteiger charge is 2.25. The minimum absolute atomic E-state index is 0. The van der Waals surface area contributed by atoms with Gasteiger partial charge in [-0.05, 0) is 38.8 Å². The predicted molar refractivity (Wildman–Crippen MR) is 111 cm³/mol. The maximum atomic E-state index is 13.9. The lowest BCUT2D eigenvalue weighted by Crippen LogP contribution is -2.44. The standard InChI is InChI=1S/C18H26F2N4.HI/c1-3-5-6-10-22-18(21-4-2)23-15-9-11-24(13-15)17-8-7-14(19)12-16(17)20;/h3,5,7-8,12,15H,4,6,9-11,13H2,1-2H3,(H2,21,22,23);1H/b5-3+;. The zero-order valence-electron chi connectivity index (χ0n) is 14.8. The Kier molecular flexibility index (Phi) is 9.77. The van der Waals surface area contributed by atoms with Crippen LogP contribution >= 0.6 is 24.0 Å². The summed E-state index contributed by atoms with van der Waals surface area (Å²) in [6, 6.07) is 3.92. The van der Waals surface area contributed by atoms with Gasteiger partial charge in [-0.25, -0.2) is 8.78 Å². The van der Waals surface area contributed by atoms with Crippen molar-refractivity contribution in [3.8, 4) is 0 Å². The average molecular weight is 464 g/mol. The Balaban J connectivity index is 0.00000312. The Bertz CT molecular complexity index is 592. The van der Waals surface area contributed by atoms with Gasteiger partial charge in [-0.3, -0.25) is 4.99 Å². The highest BCUT2D eigenvalue weighted by Crippen LogP contribution is 2.24. The SMILES string of the molecule is C/C=C/CCN=C(NCC)NC1CCN(c2ccc(F)cc2F)C1.I. The zero-order valence-corrected chi connectivity index (χ0v) is 17.1. The van der Waals surface area contributed by atoms with E-state index in [1.54, 1.807) is 0 Å². The van der Waals surface area contributed by atoms with Gasteiger partial charge in [-0.15, -0.1) is 24.0 Å². The number of hydrogen-bond acceptors (Lipinski definition) is 2. The number of guanidine groups is 1. The number of nitrogens with one attached hydrogen (secondary N) is 2. The van der Waals surface area contributed by atoms with E-state index >= 15 is 0 Å². The molecule has 1 fully saturated rings. The van der Waals surface area contributed by atoms with Crippen LogP contribution in [-0.4, -0.2) is 38.2 Å². The summed E-state index contributed by atoms with van der Waals surface area (Å²) in [7, 11) is 0. The molecule has 7 heteroatoms. The first-order chi connectivity index (χ1) is 11.6. The fourth-order valence-electron chi connectivity index (χ4n) is 2.77. The second-order valence-corrected chi connectivity index (χ2v) is 5.79. The number of hydrogen-bond donors (Lipinski definition) is 2. The van der Waals surface area contributed by atoms with Gasteiger partial charge >= 0.3 is 0 Å². The molecule has 1 aliphatic heterocycles. The molecule has 1 aromatic carbocycles. The molecule has 140 valence electrons. The topological polar surface area (TPSA) is 39.7 Å². The molecule has 0 bridgehead atoms. The van der Waals surface area contributed by atoms with Crippen LogP contribution in [-0.2, 0) is 0 Å². The first-order valence-corrected chi connectivity index (χ1v) is 8.50. The number of rotatable bonds is 6. The smallest absolute Gasteiger partial charge is 0.191 e. The molecule has 0 saturated carbocycles. The first kappa shape index (κ1) is 21.7. The van der Waals surface area contributed by atoms with E-state index in [-0.39, 0.29) is 30.0 Å². The van der Waals surface area contributed by atoms with Crippen LogP contribution in [0.4, 0.5) is 14.5 Å². The van der Waals surface area contributed by atoms with Gasteiger partial charge in [-0.2, -0.15) is 0 Å². The van der Waals surface area contributed by atoms with Crippen molar-refractivity contribution >= 4 is 35.6 Å². The van der Waals surface area contributed by atoms with Crippen molar-refractivity contribution in [1.29, 1.82) is 0 Å². The molecule has 1 aliphatic rings. The van der Waals surface area contributed by atoms with Gasteiger partial charge in [0.15, 0.2) is 5.96 Å². The van der Waals surface area contributed by atoms with Gasteiger partial charge in [0.2, 0.25) is 0 Å². The van der Waals surface area contributed by atoms with Crippen LogP contribution in [0.5, 0.6) is 0 Å². The molecule has 1 aromatic rings. The zero-order chi connectivity index (χ0) is 17.4. The lowest BCUT2D eigenvalue weighted by molar-refractivity contribution is 0.580. The molecule has 1 saturated heterocycles. The Labute approximate surface area is 165 Å². The van der Waals surface area contributed by atoms with Crippen molar-refractivity contribution in [3.05, 3.63) is 42.0 Å². The third kappa shape index (κ3) is 6.80. The molecule has 1 atom stereocenters. The molecule has 1 unspecified atom stereocenters. The number of aliphatic imine (C=N–C) groups is 1. The van der Waals surface area contributed by atoms with Crippen LogP contribution < -0.4 is 15.5 Å². The lowest BCUT2D eigenvalue weighted by atomic mass is 10.2. The fraction of sp³-hybridized carbons (Fsp3) is 0.500. The molecule has 0 radical (unpaired) electrons. The Morgan fingerprint density at radius 3 is 2.88 bits per heavy atom. The maximum Gasteiger partial charge on any atom is 0.191 e.